The number of amides is 1. The summed E-state index contributed by atoms with van der Waals surface area (Å²) >= 11 is 4.47. The Morgan fingerprint density at radius 2 is 1.80 bits per heavy atom. The number of hydrogen-bond donors (Lipinski definition) is 1. The fourth-order valence-corrected chi connectivity index (χ4v) is 2.47. The quantitative estimate of drug-likeness (QED) is 0.838. The fraction of sp³-hybridized carbons (Fsp3) is 0.353. The lowest BCUT2D eigenvalue weighted by atomic mass is 10.1. The highest BCUT2D eigenvalue weighted by Gasteiger charge is 2.24. The highest BCUT2D eigenvalue weighted by molar-refractivity contribution is 7.81. The average molecular weight is 287 g/mol. The third-order valence-electron chi connectivity index (χ3n) is 3.52. The number of carbonyl (C=O) groups is 1. The molecule has 0 aliphatic carbocycles. The maximum absolute atomic E-state index is 12.6. The van der Waals surface area contributed by atoms with E-state index in [1.165, 1.54) is 0 Å². The second-order valence-electron chi connectivity index (χ2n) is 5.27. The van der Waals surface area contributed by atoms with Crippen molar-refractivity contribution in [2.45, 2.75) is 26.0 Å². The van der Waals surface area contributed by atoms with E-state index in [0.29, 0.717) is 6.54 Å². The Hall–Kier alpha value is -1.48. The number of hydrogen-bond acceptors (Lipinski definition) is 2. The van der Waals surface area contributed by atoms with E-state index in [-0.39, 0.29) is 17.1 Å². The largest absolute Gasteiger partial charge is 0.311 e. The highest BCUT2D eigenvalue weighted by atomic mass is 32.1. The van der Waals surface area contributed by atoms with Crippen molar-refractivity contribution in [1.29, 1.82) is 0 Å². The predicted molar refractivity (Wildman–Crippen MR) is 89.6 cm³/mol. The van der Waals surface area contributed by atoms with Crippen LogP contribution in [0.25, 0.3) is 10.8 Å². The molecular formula is C17H21NOS. The Morgan fingerprint density at radius 1 is 1.15 bits per heavy atom. The predicted octanol–water partition coefficient (Wildman–Crippen LogP) is 4.15. The van der Waals surface area contributed by atoms with E-state index in [4.69, 9.17) is 0 Å². The van der Waals surface area contributed by atoms with E-state index in [2.05, 4.69) is 30.8 Å². The van der Waals surface area contributed by atoms with Crippen LogP contribution in [-0.4, -0.2) is 17.7 Å². The first kappa shape index (κ1) is 14.9. The Bertz CT molecular complexity index is 603. The third kappa shape index (κ3) is 2.83. The summed E-state index contributed by atoms with van der Waals surface area (Å²) in [5.74, 6) is 0.289. The lowest BCUT2D eigenvalue weighted by molar-refractivity contribution is -0.118. The van der Waals surface area contributed by atoms with Gasteiger partial charge in [-0.05, 0) is 24.3 Å². The van der Waals surface area contributed by atoms with E-state index >= 15 is 0 Å². The number of anilines is 1. The van der Waals surface area contributed by atoms with Gasteiger partial charge < -0.3 is 4.90 Å². The zero-order chi connectivity index (χ0) is 14.7. The standard InChI is InChI=1S/C17H21NOS/c1-4-18(17(19)16(20)12(2)3)15-11-7-9-13-8-5-6-10-14(13)15/h5-12,16,20H,4H2,1-3H3. The van der Waals surface area contributed by atoms with Crippen molar-refractivity contribution >= 4 is 35.0 Å². The molecule has 2 aromatic carbocycles. The molecule has 0 aliphatic heterocycles. The molecule has 20 heavy (non-hydrogen) atoms. The fourth-order valence-electron chi connectivity index (χ4n) is 2.33. The first-order chi connectivity index (χ1) is 9.56. The van der Waals surface area contributed by atoms with Crippen molar-refractivity contribution in [1.82, 2.24) is 0 Å². The highest BCUT2D eigenvalue weighted by Crippen LogP contribution is 2.28. The maximum Gasteiger partial charge on any atom is 0.240 e. The molecule has 2 nitrogen and oxygen atoms in total. The smallest absolute Gasteiger partial charge is 0.240 e. The summed E-state index contributed by atoms with van der Waals surface area (Å²) in [5, 5.41) is 1.99. The number of thiol groups is 1. The van der Waals surface area contributed by atoms with Crippen molar-refractivity contribution in [3.8, 4) is 0 Å². The molecule has 2 rings (SSSR count). The van der Waals surface area contributed by atoms with E-state index in [1.807, 2.05) is 49.9 Å². The van der Waals surface area contributed by atoms with Gasteiger partial charge in [0, 0.05) is 11.9 Å². The number of carbonyl (C=O) groups excluding carboxylic acids is 1. The Morgan fingerprint density at radius 3 is 2.45 bits per heavy atom. The van der Waals surface area contributed by atoms with Crippen molar-refractivity contribution in [3.05, 3.63) is 42.5 Å². The molecule has 0 aromatic heterocycles. The minimum atomic E-state index is -0.270. The van der Waals surface area contributed by atoms with Gasteiger partial charge in [-0.1, -0.05) is 50.2 Å². The molecule has 0 aliphatic rings. The normalized spacial score (nSPS) is 12.7. The zero-order valence-corrected chi connectivity index (χ0v) is 13.1. The SMILES string of the molecule is CCN(C(=O)C(S)C(C)C)c1cccc2ccccc12. The summed E-state index contributed by atoms with van der Waals surface area (Å²) in [5.41, 5.74) is 0.968. The number of fused-ring (bicyclic) bond motifs is 1. The summed E-state index contributed by atoms with van der Waals surface area (Å²) in [6, 6.07) is 14.2. The monoisotopic (exact) mass is 287 g/mol. The molecule has 0 N–H and O–H groups in total. The zero-order valence-electron chi connectivity index (χ0n) is 12.2. The maximum atomic E-state index is 12.6. The molecular weight excluding hydrogens is 266 g/mol. The van der Waals surface area contributed by atoms with Gasteiger partial charge in [0.2, 0.25) is 5.91 Å². The average Bonchev–Trinajstić information content (AvgIpc) is 2.47. The molecule has 3 heteroatoms. The van der Waals surface area contributed by atoms with Gasteiger partial charge in [-0.15, -0.1) is 0 Å². The molecule has 106 valence electrons. The molecule has 0 saturated carbocycles. The first-order valence-corrected chi connectivity index (χ1v) is 7.55. The van der Waals surface area contributed by atoms with Crippen LogP contribution < -0.4 is 4.90 Å². The van der Waals surface area contributed by atoms with Gasteiger partial charge >= 0.3 is 0 Å². The van der Waals surface area contributed by atoms with E-state index in [0.717, 1.165) is 16.5 Å². The van der Waals surface area contributed by atoms with Crippen LogP contribution in [0.4, 0.5) is 5.69 Å². The van der Waals surface area contributed by atoms with Gasteiger partial charge in [0.25, 0.3) is 0 Å². The molecule has 2 aromatic rings. The Kier molecular flexibility index (Phi) is 4.71. The molecule has 1 atom stereocenters. The van der Waals surface area contributed by atoms with Crippen molar-refractivity contribution in [3.63, 3.8) is 0 Å². The molecule has 0 bridgehead atoms. The minimum absolute atomic E-state index is 0.0715. The third-order valence-corrected chi connectivity index (χ3v) is 4.34. The second-order valence-corrected chi connectivity index (χ2v) is 5.83. The van der Waals surface area contributed by atoms with Crippen LogP contribution in [-0.2, 0) is 4.79 Å². The Labute approximate surface area is 126 Å². The van der Waals surface area contributed by atoms with Gasteiger partial charge in [0.1, 0.15) is 0 Å². The van der Waals surface area contributed by atoms with Gasteiger partial charge in [-0.25, -0.2) is 0 Å². The molecule has 0 fully saturated rings. The number of benzene rings is 2. The summed E-state index contributed by atoms with van der Waals surface area (Å²) in [6.45, 7) is 6.69. The van der Waals surface area contributed by atoms with Crippen molar-refractivity contribution in [2.75, 3.05) is 11.4 Å². The molecule has 0 heterocycles. The first-order valence-electron chi connectivity index (χ1n) is 7.03. The van der Waals surface area contributed by atoms with Crippen molar-refractivity contribution in [2.24, 2.45) is 5.92 Å². The molecule has 0 saturated heterocycles. The van der Waals surface area contributed by atoms with Gasteiger partial charge in [-0.2, -0.15) is 12.6 Å². The Balaban J connectivity index is 2.47. The van der Waals surface area contributed by atoms with E-state index in [9.17, 15) is 4.79 Å². The van der Waals surface area contributed by atoms with Gasteiger partial charge in [0.05, 0.1) is 10.9 Å². The van der Waals surface area contributed by atoms with Crippen LogP contribution in [0.3, 0.4) is 0 Å². The molecule has 1 unspecified atom stereocenters. The number of rotatable bonds is 4. The summed E-state index contributed by atoms with van der Waals surface area (Å²) in [6.07, 6.45) is 0. The van der Waals surface area contributed by atoms with E-state index < -0.39 is 0 Å². The summed E-state index contributed by atoms with van der Waals surface area (Å²) < 4.78 is 0. The molecule has 0 spiro atoms. The number of nitrogens with zero attached hydrogens (tertiary/aromatic N) is 1. The second kappa shape index (κ2) is 6.31. The van der Waals surface area contributed by atoms with Crippen LogP contribution in [0.15, 0.2) is 42.5 Å². The molecule has 0 radical (unpaired) electrons. The van der Waals surface area contributed by atoms with Crippen molar-refractivity contribution < 1.29 is 4.79 Å². The van der Waals surface area contributed by atoms with Gasteiger partial charge in [-0.3, -0.25) is 4.79 Å². The lowest BCUT2D eigenvalue weighted by Gasteiger charge is -2.27. The minimum Gasteiger partial charge on any atom is -0.311 e. The van der Waals surface area contributed by atoms with Crippen LogP contribution in [0.5, 0.6) is 0 Å². The lowest BCUT2D eigenvalue weighted by Crippen LogP contribution is -2.39. The van der Waals surface area contributed by atoms with Crippen LogP contribution in [0.2, 0.25) is 0 Å². The topological polar surface area (TPSA) is 20.3 Å². The summed E-state index contributed by atoms with van der Waals surface area (Å²) in [7, 11) is 0. The van der Waals surface area contributed by atoms with Crippen LogP contribution >= 0.6 is 12.6 Å². The summed E-state index contributed by atoms with van der Waals surface area (Å²) in [4.78, 5) is 14.4. The van der Waals surface area contributed by atoms with Crippen LogP contribution in [0.1, 0.15) is 20.8 Å². The van der Waals surface area contributed by atoms with Crippen LogP contribution in [0, 0.1) is 5.92 Å². The van der Waals surface area contributed by atoms with E-state index in [1.54, 1.807) is 0 Å². The molecule has 1 amide bonds. The van der Waals surface area contributed by atoms with Gasteiger partial charge in [0.15, 0.2) is 0 Å².